The standard InChI is InChI=1S/C13H16N4O2/c1-9(10-6-15-16-7-10)17-13(18)8-19-12-4-2-11(14)3-5-12/h2-7,9H,8,14H2,1H3,(H,15,16)(H,17,18). The van der Waals surface area contributed by atoms with Gasteiger partial charge in [-0.05, 0) is 31.2 Å². The van der Waals surface area contributed by atoms with Gasteiger partial charge in [0.05, 0.1) is 12.2 Å². The molecule has 1 aromatic heterocycles. The number of aromatic nitrogens is 2. The maximum atomic E-state index is 11.7. The first-order chi connectivity index (χ1) is 9.15. The van der Waals surface area contributed by atoms with Gasteiger partial charge in [0.1, 0.15) is 5.75 Å². The zero-order chi connectivity index (χ0) is 13.7. The SMILES string of the molecule is CC(NC(=O)COc1ccc(N)cc1)c1cn[nH]c1. The van der Waals surface area contributed by atoms with Gasteiger partial charge in [0.2, 0.25) is 0 Å². The average molecular weight is 260 g/mol. The molecular weight excluding hydrogens is 244 g/mol. The van der Waals surface area contributed by atoms with Crippen LogP contribution in [0.15, 0.2) is 36.7 Å². The lowest BCUT2D eigenvalue weighted by Crippen LogP contribution is -2.31. The van der Waals surface area contributed by atoms with Gasteiger partial charge in [0, 0.05) is 17.4 Å². The van der Waals surface area contributed by atoms with E-state index in [1.54, 1.807) is 36.7 Å². The van der Waals surface area contributed by atoms with Crippen LogP contribution >= 0.6 is 0 Å². The number of benzene rings is 1. The molecule has 100 valence electrons. The lowest BCUT2D eigenvalue weighted by atomic mass is 10.2. The third-order valence-electron chi connectivity index (χ3n) is 2.65. The first-order valence-corrected chi connectivity index (χ1v) is 5.91. The van der Waals surface area contributed by atoms with E-state index in [9.17, 15) is 4.79 Å². The van der Waals surface area contributed by atoms with Crippen molar-refractivity contribution in [3.63, 3.8) is 0 Å². The Kier molecular flexibility index (Phi) is 4.02. The summed E-state index contributed by atoms with van der Waals surface area (Å²) < 4.78 is 5.35. The van der Waals surface area contributed by atoms with Crippen molar-refractivity contribution in [3.05, 3.63) is 42.2 Å². The van der Waals surface area contributed by atoms with Gasteiger partial charge in [-0.25, -0.2) is 0 Å². The summed E-state index contributed by atoms with van der Waals surface area (Å²) >= 11 is 0. The van der Waals surface area contributed by atoms with E-state index in [1.807, 2.05) is 6.92 Å². The molecule has 1 unspecified atom stereocenters. The van der Waals surface area contributed by atoms with Gasteiger partial charge in [-0.3, -0.25) is 9.89 Å². The maximum Gasteiger partial charge on any atom is 0.258 e. The van der Waals surface area contributed by atoms with Crippen LogP contribution in [-0.4, -0.2) is 22.7 Å². The number of nitrogens with one attached hydrogen (secondary N) is 2. The number of carbonyl (C=O) groups excluding carboxylic acids is 1. The highest BCUT2D eigenvalue weighted by atomic mass is 16.5. The van der Waals surface area contributed by atoms with Crippen LogP contribution in [-0.2, 0) is 4.79 Å². The number of carbonyl (C=O) groups is 1. The first kappa shape index (κ1) is 12.9. The number of ether oxygens (including phenoxy) is 1. The predicted molar refractivity (Wildman–Crippen MR) is 71.5 cm³/mol. The molecule has 0 spiro atoms. The summed E-state index contributed by atoms with van der Waals surface area (Å²) in [6, 6.07) is 6.79. The third-order valence-corrected chi connectivity index (χ3v) is 2.65. The van der Waals surface area contributed by atoms with Gasteiger partial charge in [-0.1, -0.05) is 0 Å². The average Bonchev–Trinajstić information content (AvgIpc) is 2.92. The summed E-state index contributed by atoms with van der Waals surface area (Å²) in [5, 5.41) is 9.35. The molecule has 1 aromatic carbocycles. The molecule has 0 aliphatic carbocycles. The smallest absolute Gasteiger partial charge is 0.258 e. The zero-order valence-corrected chi connectivity index (χ0v) is 10.6. The minimum Gasteiger partial charge on any atom is -0.484 e. The topological polar surface area (TPSA) is 93.0 Å². The lowest BCUT2D eigenvalue weighted by Gasteiger charge is -2.12. The summed E-state index contributed by atoms with van der Waals surface area (Å²) in [6.45, 7) is 1.85. The number of aromatic amines is 1. The van der Waals surface area contributed by atoms with Gasteiger partial charge in [0.25, 0.3) is 5.91 Å². The Bertz CT molecular complexity index is 522. The van der Waals surface area contributed by atoms with Crippen LogP contribution in [0, 0.1) is 0 Å². The summed E-state index contributed by atoms with van der Waals surface area (Å²) in [5.74, 6) is 0.422. The molecule has 1 atom stereocenters. The molecule has 0 bridgehead atoms. The van der Waals surface area contributed by atoms with E-state index >= 15 is 0 Å². The van der Waals surface area contributed by atoms with Crippen LogP contribution in [0.3, 0.4) is 0 Å². The van der Waals surface area contributed by atoms with Crippen LogP contribution < -0.4 is 15.8 Å². The second-order valence-corrected chi connectivity index (χ2v) is 4.18. The molecule has 0 saturated carbocycles. The predicted octanol–water partition coefficient (Wildman–Crippen LogP) is 1.25. The van der Waals surface area contributed by atoms with Gasteiger partial charge in [-0.15, -0.1) is 0 Å². The third kappa shape index (κ3) is 3.74. The molecule has 0 saturated heterocycles. The number of hydrogen-bond acceptors (Lipinski definition) is 4. The minimum atomic E-state index is -0.189. The molecule has 4 N–H and O–H groups in total. The number of H-pyrrole nitrogens is 1. The monoisotopic (exact) mass is 260 g/mol. The molecule has 1 heterocycles. The van der Waals surface area contributed by atoms with Crippen molar-refractivity contribution in [2.24, 2.45) is 0 Å². The zero-order valence-electron chi connectivity index (χ0n) is 10.6. The Hall–Kier alpha value is -2.50. The highest BCUT2D eigenvalue weighted by molar-refractivity contribution is 5.78. The first-order valence-electron chi connectivity index (χ1n) is 5.91. The van der Waals surface area contributed by atoms with Crippen LogP contribution in [0.1, 0.15) is 18.5 Å². The molecular formula is C13H16N4O2. The molecule has 0 fully saturated rings. The van der Waals surface area contributed by atoms with E-state index in [0.29, 0.717) is 11.4 Å². The van der Waals surface area contributed by atoms with E-state index in [-0.39, 0.29) is 18.6 Å². The van der Waals surface area contributed by atoms with Crippen molar-refractivity contribution in [1.29, 1.82) is 0 Å². The fourth-order valence-corrected chi connectivity index (χ4v) is 1.58. The molecule has 6 nitrogen and oxygen atoms in total. The van der Waals surface area contributed by atoms with Gasteiger partial charge in [0.15, 0.2) is 6.61 Å². The minimum absolute atomic E-state index is 0.0356. The fraction of sp³-hybridized carbons (Fsp3) is 0.231. The Morgan fingerprint density at radius 1 is 1.47 bits per heavy atom. The van der Waals surface area contributed by atoms with Crippen LogP contribution in [0.2, 0.25) is 0 Å². The summed E-state index contributed by atoms with van der Waals surface area (Å²) in [7, 11) is 0. The van der Waals surface area contributed by atoms with E-state index in [2.05, 4.69) is 15.5 Å². The fourth-order valence-electron chi connectivity index (χ4n) is 1.58. The van der Waals surface area contributed by atoms with Gasteiger partial charge in [-0.2, -0.15) is 5.10 Å². The normalized spacial score (nSPS) is 11.8. The van der Waals surface area contributed by atoms with E-state index in [1.165, 1.54) is 0 Å². The molecule has 2 rings (SSSR count). The quantitative estimate of drug-likeness (QED) is 0.705. The van der Waals surface area contributed by atoms with Gasteiger partial charge >= 0.3 is 0 Å². The number of nitrogen functional groups attached to an aromatic ring is 1. The lowest BCUT2D eigenvalue weighted by molar-refractivity contribution is -0.123. The number of anilines is 1. The van der Waals surface area contributed by atoms with Gasteiger partial charge < -0.3 is 15.8 Å². The molecule has 0 aliphatic heterocycles. The number of hydrogen-bond donors (Lipinski definition) is 3. The Morgan fingerprint density at radius 2 is 2.21 bits per heavy atom. The van der Waals surface area contributed by atoms with E-state index < -0.39 is 0 Å². The van der Waals surface area contributed by atoms with Crippen molar-refractivity contribution in [2.45, 2.75) is 13.0 Å². The van der Waals surface area contributed by atoms with E-state index in [4.69, 9.17) is 10.5 Å². The number of rotatable bonds is 5. The van der Waals surface area contributed by atoms with Crippen molar-refractivity contribution >= 4 is 11.6 Å². The number of amides is 1. The molecule has 2 aromatic rings. The highest BCUT2D eigenvalue weighted by Gasteiger charge is 2.10. The largest absolute Gasteiger partial charge is 0.484 e. The van der Waals surface area contributed by atoms with E-state index in [0.717, 1.165) is 5.56 Å². The van der Waals surface area contributed by atoms with Crippen molar-refractivity contribution in [2.75, 3.05) is 12.3 Å². The van der Waals surface area contributed by atoms with Crippen LogP contribution in [0.4, 0.5) is 5.69 Å². The van der Waals surface area contributed by atoms with Crippen LogP contribution in [0.5, 0.6) is 5.75 Å². The molecule has 1 amide bonds. The Morgan fingerprint density at radius 3 is 2.84 bits per heavy atom. The molecule has 19 heavy (non-hydrogen) atoms. The highest BCUT2D eigenvalue weighted by Crippen LogP contribution is 2.13. The Labute approximate surface area is 111 Å². The molecule has 0 aliphatic rings. The number of nitrogens with two attached hydrogens (primary N) is 1. The molecule has 0 radical (unpaired) electrons. The molecule has 6 heteroatoms. The summed E-state index contributed by atoms with van der Waals surface area (Å²) in [5.41, 5.74) is 7.13. The van der Waals surface area contributed by atoms with Crippen LogP contribution in [0.25, 0.3) is 0 Å². The summed E-state index contributed by atoms with van der Waals surface area (Å²) in [4.78, 5) is 11.7. The number of nitrogens with zero attached hydrogens (tertiary/aromatic N) is 1. The van der Waals surface area contributed by atoms with Crippen molar-refractivity contribution in [3.8, 4) is 5.75 Å². The maximum absolute atomic E-state index is 11.7. The Balaban J connectivity index is 1.80. The second kappa shape index (κ2) is 5.90. The summed E-state index contributed by atoms with van der Waals surface area (Å²) in [6.07, 6.45) is 3.41. The second-order valence-electron chi connectivity index (χ2n) is 4.18. The van der Waals surface area contributed by atoms with Crippen molar-refractivity contribution < 1.29 is 9.53 Å². The van der Waals surface area contributed by atoms with Crippen molar-refractivity contribution in [1.82, 2.24) is 15.5 Å².